The smallest absolute Gasteiger partial charge is 0.326 e. The van der Waals surface area contributed by atoms with E-state index in [1.54, 1.807) is 0 Å². The number of aliphatic hydroxyl groups is 1. The number of benzene rings is 1. The average Bonchev–Trinajstić information content (AvgIpc) is 2.39. The van der Waals surface area contributed by atoms with Gasteiger partial charge in [0.1, 0.15) is 11.9 Å². The molecule has 1 atom stereocenters. The van der Waals surface area contributed by atoms with Crippen molar-refractivity contribution in [2.45, 2.75) is 19.0 Å². The lowest BCUT2D eigenvalue weighted by molar-refractivity contribution is -0.139. The molecular weight excluding hydrogens is 291 g/mol. The molecule has 0 aliphatic heterocycles. The number of nitrogens with one attached hydrogen (secondary N) is 2. The Bertz CT molecular complexity index is 498. The molecule has 0 saturated carbocycles. The Morgan fingerprint density at radius 1 is 1.40 bits per heavy atom. The summed E-state index contributed by atoms with van der Waals surface area (Å²) in [5.74, 6) is -1.80. The first-order chi connectivity index (χ1) is 9.43. The van der Waals surface area contributed by atoms with Gasteiger partial charge in [-0.3, -0.25) is 0 Å². The van der Waals surface area contributed by atoms with Crippen LogP contribution in [0.5, 0.6) is 0 Å². The summed E-state index contributed by atoms with van der Waals surface area (Å²) in [6.07, 6.45) is -0.0921. The van der Waals surface area contributed by atoms with Crippen LogP contribution in [-0.4, -0.2) is 34.9 Å². The molecule has 1 rings (SSSR count). The minimum atomic E-state index is -1.24. The Kier molecular flexibility index (Phi) is 6.20. The fourth-order valence-corrected chi connectivity index (χ4v) is 1.63. The molecule has 0 unspecified atom stereocenters. The van der Waals surface area contributed by atoms with Crippen molar-refractivity contribution >= 4 is 23.6 Å². The highest BCUT2D eigenvalue weighted by Gasteiger charge is 2.18. The number of amides is 2. The summed E-state index contributed by atoms with van der Waals surface area (Å²) in [4.78, 5) is 22.3. The van der Waals surface area contributed by atoms with Gasteiger partial charge in [0, 0.05) is 19.6 Å². The summed E-state index contributed by atoms with van der Waals surface area (Å²) in [6, 6.07) is 2.11. The summed E-state index contributed by atoms with van der Waals surface area (Å²) < 4.78 is 12.9. The quantitative estimate of drug-likeness (QED) is 0.633. The number of aliphatic carboxylic acids is 1. The molecule has 20 heavy (non-hydrogen) atoms. The van der Waals surface area contributed by atoms with E-state index in [4.69, 9.17) is 21.8 Å². The molecule has 0 aromatic heterocycles. The lowest BCUT2D eigenvalue weighted by Gasteiger charge is -2.14. The number of carbonyl (C=O) groups is 2. The fraction of sp³-hybridized carbons (Fsp3) is 0.333. The maximum absolute atomic E-state index is 12.9. The van der Waals surface area contributed by atoms with Gasteiger partial charge in [0.25, 0.3) is 0 Å². The number of rotatable bonds is 6. The van der Waals surface area contributed by atoms with E-state index in [1.807, 2.05) is 0 Å². The molecule has 2 amide bonds. The van der Waals surface area contributed by atoms with Crippen LogP contribution in [-0.2, 0) is 11.3 Å². The van der Waals surface area contributed by atoms with Crippen LogP contribution in [0.15, 0.2) is 18.2 Å². The molecule has 0 heterocycles. The number of carbonyl (C=O) groups excluding carboxylic acids is 1. The van der Waals surface area contributed by atoms with E-state index in [0.717, 1.165) is 0 Å². The van der Waals surface area contributed by atoms with E-state index >= 15 is 0 Å². The Hall–Kier alpha value is -1.86. The second-order valence-corrected chi connectivity index (χ2v) is 4.39. The summed E-state index contributed by atoms with van der Waals surface area (Å²) in [5, 5.41) is 22.0. The lowest BCUT2D eigenvalue weighted by Crippen LogP contribution is -2.46. The highest BCUT2D eigenvalue weighted by Crippen LogP contribution is 2.15. The number of hydrogen-bond donors (Lipinski definition) is 4. The van der Waals surface area contributed by atoms with Crippen molar-refractivity contribution in [3.8, 4) is 0 Å². The molecule has 0 spiro atoms. The molecule has 0 saturated heterocycles. The molecule has 0 bridgehead atoms. The zero-order valence-electron chi connectivity index (χ0n) is 10.4. The standard InChI is InChI=1S/C12H14ClFN2O4/c13-8-5-7(1-2-9(8)14)6-15-12(20)16-10(3-4-17)11(18)19/h1-2,5,10,17H,3-4,6H2,(H,18,19)(H2,15,16,20)/t10-/m0/s1. The van der Waals surface area contributed by atoms with Crippen molar-refractivity contribution in [1.29, 1.82) is 0 Å². The third-order valence-corrected chi connectivity index (χ3v) is 2.75. The Balaban J connectivity index is 2.50. The van der Waals surface area contributed by atoms with Crippen LogP contribution < -0.4 is 10.6 Å². The second-order valence-electron chi connectivity index (χ2n) is 3.98. The molecule has 8 heteroatoms. The SMILES string of the molecule is O=C(NCc1ccc(F)c(Cl)c1)N[C@@H](CCO)C(=O)O. The molecule has 4 N–H and O–H groups in total. The normalized spacial score (nSPS) is 11.8. The maximum atomic E-state index is 12.9. The van der Waals surface area contributed by atoms with E-state index in [-0.39, 0.29) is 24.6 Å². The van der Waals surface area contributed by atoms with Gasteiger partial charge >= 0.3 is 12.0 Å². The highest BCUT2D eigenvalue weighted by molar-refractivity contribution is 6.30. The van der Waals surface area contributed by atoms with Crippen LogP contribution in [0.25, 0.3) is 0 Å². The van der Waals surface area contributed by atoms with Gasteiger partial charge in [-0.1, -0.05) is 17.7 Å². The molecule has 1 aromatic rings. The van der Waals surface area contributed by atoms with Crippen LogP contribution in [0.3, 0.4) is 0 Å². The third kappa shape index (κ3) is 5.02. The second kappa shape index (κ2) is 7.66. The minimum Gasteiger partial charge on any atom is -0.480 e. The van der Waals surface area contributed by atoms with Crippen molar-refractivity contribution in [2.24, 2.45) is 0 Å². The van der Waals surface area contributed by atoms with Gasteiger partial charge in [-0.15, -0.1) is 0 Å². The van der Waals surface area contributed by atoms with Crippen LogP contribution in [0, 0.1) is 5.82 Å². The van der Waals surface area contributed by atoms with Crippen molar-refractivity contribution in [3.05, 3.63) is 34.6 Å². The maximum Gasteiger partial charge on any atom is 0.326 e. The summed E-state index contributed by atoms with van der Waals surface area (Å²) in [5.41, 5.74) is 0.570. The number of carboxylic acid groups (broad SMARTS) is 1. The molecular formula is C12H14ClFN2O4. The Morgan fingerprint density at radius 3 is 2.65 bits per heavy atom. The van der Waals surface area contributed by atoms with Gasteiger partial charge in [-0.25, -0.2) is 14.0 Å². The first-order valence-electron chi connectivity index (χ1n) is 5.76. The number of hydrogen-bond acceptors (Lipinski definition) is 3. The predicted octanol–water partition coefficient (Wildman–Crippen LogP) is 1.11. The topological polar surface area (TPSA) is 98.7 Å². The number of carboxylic acids is 1. The zero-order valence-corrected chi connectivity index (χ0v) is 11.2. The summed E-state index contributed by atoms with van der Waals surface area (Å²) in [6.45, 7) is -0.290. The third-order valence-electron chi connectivity index (χ3n) is 2.46. The first kappa shape index (κ1) is 16.2. The fourth-order valence-electron chi connectivity index (χ4n) is 1.43. The number of aliphatic hydroxyl groups excluding tert-OH is 1. The molecule has 0 radical (unpaired) electrons. The van der Waals surface area contributed by atoms with E-state index < -0.39 is 23.9 Å². The molecule has 110 valence electrons. The van der Waals surface area contributed by atoms with Crippen LogP contribution in [0.1, 0.15) is 12.0 Å². The zero-order chi connectivity index (χ0) is 15.1. The van der Waals surface area contributed by atoms with Crippen LogP contribution in [0.2, 0.25) is 5.02 Å². The number of urea groups is 1. The van der Waals surface area contributed by atoms with E-state index in [0.29, 0.717) is 5.56 Å². The predicted molar refractivity (Wildman–Crippen MR) is 69.9 cm³/mol. The van der Waals surface area contributed by atoms with Gasteiger partial charge in [-0.05, 0) is 17.7 Å². The van der Waals surface area contributed by atoms with Gasteiger partial charge in [0.05, 0.1) is 5.02 Å². The van der Waals surface area contributed by atoms with Gasteiger partial charge in [0.15, 0.2) is 0 Å². The van der Waals surface area contributed by atoms with Gasteiger partial charge in [0.2, 0.25) is 0 Å². The Labute approximate surface area is 119 Å². The summed E-state index contributed by atoms with van der Waals surface area (Å²) in [7, 11) is 0. The Morgan fingerprint density at radius 2 is 2.10 bits per heavy atom. The average molecular weight is 305 g/mol. The van der Waals surface area contributed by atoms with E-state index in [2.05, 4.69) is 10.6 Å². The lowest BCUT2D eigenvalue weighted by atomic mass is 10.2. The molecule has 1 aromatic carbocycles. The van der Waals surface area contributed by atoms with Crippen LogP contribution >= 0.6 is 11.6 Å². The van der Waals surface area contributed by atoms with Gasteiger partial charge < -0.3 is 20.8 Å². The van der Waals surface area contributed by atoms with Crippen molar-refractivity contribution in [1.82, 2.24) is 10.6 Å². The first-order valence-corrected chi connectivity index (χ1v) is 6.13. The van der Waals surface area contributed by atoms with E-state index in [9.17, 15) is 14.0 Å². The largest absolute Gasteiger partial charge is 0.480 e. The number of halogens is 2. The van der Waals surface area contributed by atoms with Gasteiger partial charge in [-0.2, -0.15) is 0 Å². The molecule has 0 aliphatic rings. The van der Waals surface area contributed by atoms with E-state index in [1.165, 1.54) is 18.2 Å². The monoisotopic (exact) mass is 304 g/mol. The molecule has 0 aliphatic carbocycles. The van der Waals surface area contributed by atoms with Crippen LogP contribution in [0.4, 0.5) is 9.18 Å². The minimum absolute atomic E-state index is 0.0617. The van der Waals surface area contributed by atoms with Crippen molar-refractivity contribution in [3.63, 3.8) is 0 Å². The molecule has 6 nitrogen and oxygen atoms in total. The molecule has 0 fully saturated rings. The highest BCUT2D eigenvalue weighted by atomic mass is 35.5. The summed E-state index contributed by atoms with van der Waals surface area (Å²) >= 11 is 5.59. The van der Waals surface area contributed by atoms with Crippen molar-refractivity contribution < 1.29 is 24.2 Å². The van der Waals surface area contributed by atoms with Crippen molar-refractivity contribution in [2.75, 3.05) is 6.61 Å².